The average Bonchev–Trinajstić information content (AvgIpc) is 3.31. The highest BCUT2D eigenvalue weighted by molar-refractivity contribution is 6.52. The summed E-state index contributed by atoms with van der Waals surface area (Å²) in [5.74, 6) is -0.930. The van der Waals surface area contributed by atoms with E-state index >= 15 is 0 Å². The number of benzene rings is 2. The van der Waals surface area contributed by atoms with Gasteiger partial charge in [0.05, 0.1) is 11.6 Å². The Balaban J connectivity index is 1.71. The standard InChI is InChI=1S/C26H21ClN2O4/c1-14-3-5-19(27)13-20(14)29-23(16-7-9-28-10-8-16)22(25(31)26(29)32)24(30)17-4-6-21-18(12-17)11-15(2)33-21/h3-10,12-13,15,23,30H,11H2,1-2H3/b24-22-. The largest absolute Gasteiger partial charge is 0.507 e. The van der Waals surface area contributed by atoms with Crippen LogP contribution in [0, 0.1) is 6.92 Å². The van der Waals surface area contributed by atoms with Crippen molar-refractivity contribution in [3.05, 3.63) is 93.8 Å². The van der Waals surface area contributed by atoms with Gasteiger partial charge < -0.3 is 9.84 Å². The number of nitrogens with zero attached hydrogens (tertiary/aromatic N) is 2. The van der Waals surface area contributed by atoms with Crippen molar-refractivity contribution in [2.24, 2.45) is 0 Å². The number of aliphatic hydroxyl groups excluding tert-OH is 1. The molecule has 1 N–H and O–H groups in total. The Kier molecular flexibility index (Phi) is 5.17. The molecule has 1 fully saturated rings. The van der Waals surface area contributed by atoms with E-state index in [0.29, 0.717) is 28.3 Å². The average molecular weight is 461 g/mol. The van der Waals surface area contributed by atoms with Crippen LogP contribution in [0.15, 0.2) is 66.5 Å². The molecule has 6 nitrogen and oxygen atoms in total. The van der Waals surface area contributed by atoms with Crippen LogP contribution in [0.4, 0.5) is 5.69 Å². The van der Waals surface area contributed by atoms with Crippen LogP contribution in [0.2, 0.25) is 5.02 Å². The number of aryl methyl sites for hydroxylation is 1. The zero-order valence-corrected chi connectivity index (χ0v) is 18.8. The fourth-order valence-corrected chi connectivity index (χ4v) is 4.68. The number of fused-ring (bicyclic) bond motifs is 1. The molecule has 2 aliphatic rings. The van der Waals surface area contributed by atoms with Crippen molar-refractivity contribution in [2.45, 2.75) is 32.4 Å². The van der Waals surface area contributed by atoms with Gasteiger partial charge in [-0.2, -0.15) is 0 Å². The maximum Gasteiger partial charge on any atom is 0.300 e. The summed E-state index contributed by atoms with van der Waals surface area (Å²) in [4.78, 5) is 32.0. The van der Waals surface area contributed by atoms with E-state index in [1.807, 2.05) is 19.9 Å². The molecule has 2 unspecified atom stereocenters. The van der Waals surface area contributed by atoms with Gasteiger partial charge in [-0.15, -0.1) is 0 Å². The first-order valence-electron chi connectivity index (χ1n) is 10.6. The predicted octanol–water partition coefficient (Wildman–Crippen LogP) is 4.99. The molecule has 0 spiro atoms. The van der Waals surface area contributed by atoms with Crippen molar-refractivity contribution >= 4 is 34.7 Å². The minimum absolute atomic E-state index is 0.0255. The molecule has 3 aromatic rings. The molecule has 166 valence electrons. The van der Waals surface area contributed by atoms with Gasteiger partial charge in [0.1, 0.15) is 17.6 Å². The fourth-order valence-electron chi connectivity index (χ4n) is 4.51. The number of aromatic nitrogens is 1. The monoisotopic (exact) mass is 460 g/mol. The van der Waals surface area contributed by atoms with Crippen LogP contribution in [-0.4, -0.2) is 27.9 Å². The lowest BCUT2D eigenvalue weighted by Gasteiger charge is -2.27. The molecular weight excluding hydrogens is 440 g/mol. The lowest BCUT2D eigenvalue weighted by molar-refractivity contribution is -0.132. The number of ether oxygens (including phenoxy) is 1. The van der Waals surface area contributed by atoms with Crippen molar-refractivity contribution in [1.29, 1.82) is 0 Å². The van der Waals surface area contributed by atoms with Crippen molar-refractivity contribution < 1.29 is 19.4 Å². The van der Waals surface area contributed by atoms with Crippen LogP contribution in [0.3, 0.4) is 0 Å². The number of Topliss-reactive ketones (excluding diaryl/α,β-unsaturated/α-hetero) is 1. The van der Waals surface area contributed by atoms with Crippen LogP contribution >= 0.6 is 11.6 Å². The first-order chi connectivity index (χ1) is 15.8. The summed E-state index contributed by atoms with van der Waals surface area (Å²) in [7, 11) is 0. The number of hydrogen-bond acceptors (Lipinski definition) is 5. The highest BCUT2D eigenvalue weighted by Gasteiger charge is 2.47. The topological polar surface area (TPSA) is 79.7 Å². The number of amides is 1. The number of aliphatic hydroxyl groups is 1. The van der Waals surface area contributed by atoms with E-state index in [9.17, 15) is 14.7 Å². The molecule has 1 saturated heterocycles. The van der Waals surface area contributed by atoms with Gasteiger partial charge in [-0.1, -0.05) is 17.7 Å². The third-order valence-electron chi connectivity index (χ3n) is 6.07. The zero-order chi connectivity index (χ0) is 23.3. The summed E-state index contributed by atoms with van der Waals surface area (Å²) >= 11 is 6.23. The van der Waals surface area contributed by atoms with Crippen molar-refractivity contribution in [3.63, 3.8) is 0 Å². The molecule has 5 rings (SSSR count). The van der Waals surface area contributed by atoms with Gasteiger partial charge in [-0.25, -0.2) is 0 Å². The molecule has 3 heterocycles. The molecular formula is C26H21ClN2O4. The molecule has 7 heteroatoms. The van der Waals surface area contributed by atoms with Crippen LogP contribution in [0.1, 0.15) is 35.2 Å². The van der Waals surface area contributed by atoms with Gasteiger partial charge in [-0.3, -0.25) is 19.5 Å². The van der Waals surface area contributed by atoms with Gasteiger partial charge in [0, 0.05) is 35.1 Å². The number of anilines is 1. The van der Waals surface area contributed by atoms with E-state index in [1.54, 1.807) is 54.9 Å². The van der Waals surface area contributed by atoms with Gasteiger partial charge in [-0.05, 0) is 73.0 Å². The Hall–Kier alpha value is -3.64. The van der Waals surface area contributed by atoms with E-state index in [4.69, 9.17) is 16.3 Å². The van der Waals surface area contributed by atoms with Crippen LogP contribution in [-0.2, 0) is 16.0 Å². The number of halogens is 1. The molecule has 1 amide bonds. The number of carbonyl (C=O) groups is 2. The predicted molar refractivity (Wildman–Crippen MR) is 125 cm³/mol. The first kappa shape index (κ1) is 21.2. The van der Waals surface area contributed by atoms with E-state index in [-0.39, 0.29) is 17.4 Å². The number of hydrogen-bond donors (Lipinski definition) is 1. The number of ketones is 1. The molecule has 2 aromatic carbocycles. The second kappa shape index (κ2) is 8.05. The molecule has 0 saturated carbocycles. The summed E-state index contributed by atoms with van der Waals surface area (Å²) in [5.41, 5.74) is 3.39. The minimum Gasteiger partial charge on any atom is -0.507 e. The van der Waals surface area contributed by atoms with E-state index in [0.717, 1.165) is 16.9 Å². The molecule has 0 radical (unpaired) electrons. The van der Waals surface area contributed by atoms with E-state index < -0.39 is 17.7 Å². The smallest absolute Gasteiger partial charge is 0.300 e. The summed E-state index contributed by atoms with van der Waals surface area (Å²) < 4.78 is 5.75. The molecule has 0 bridgehead atoms. The summed E-state index contributed by atoms with van der Waals surface area (Å²) in [5, 5.41) is 11.8. The van der Waals surface area contributed by atoms with Crippen molar-refractivity contribution in [2.75, 3.05) is 4.90 Å². The zero-order valence-electron chi connectivity index (χ0n) is 18.1. The van der Waals surface area contributed by atoms with Crippen LogP contribution < -0.4 is 9.64 Å². The van der Waals surface area contributed by atoms with Gasteiger partial charge >= 0.3 is 0 Å². The number of pyridine rings is 1. The highest BCUT2D eigenvalue weighted by atomic mass is 35.5. The Morgan fingerprint density at radius 3 is 2.64 bits per heavy atom. The lowest BCUT2D eigenvalue weighted by Crippen LogP contribution is -2.30. The molecule has 2 atom stereocenters. The van der Waals surface area contributed by atoms with E-state index in [1.165, 1.54) is 4.90 Å². The molecule has 2 aliphatic heterocycles. The Morgan fingerprint density at radius 2 is 1.88 bits per heavy atom. The highest BCUT2D eigenvalue weighted by Crippen LogP contribution is 2.44. The quantitative estimate of drug-likeness (QED) is 0.338. The Labute approximate surface area is 196 Å². The summed E-state index contributed by atoms with van der Waals surface area (Å²) in [6, 6.07) is 13.1. The normalized spacial score (nSPS) is 21.2. The molecule has 1 aromatic heterocycles. The lowest BCUT2D eigenvalue weighted by atomic mass is 9.94. The SMILES string of the molecule is Cc1ccc(Cl)cc1N1C(=O)C(=O)/C(=C(\O)c2ccc3c(c2)CC(C)O3)C1c1ccncc1. The molecule has 33 heavy (non-hydrogen) atoms. The van der Waals surface area contributed by atoms with Crippen molar-refractivity contribution in [3.8, 4) is 5.75 Å². The summed E-state index contributed by atoms with van der Waals surface area (Å²) in [6.07, 6.45) is 3.94. The third-order valence-corrected chi connectivity index (χ3v) is 6.30. The van der Waals surface area contributed by atoms with Gasteiger partial charge in [0.15, 0.2) is 0 Å². The van der Waals surface area contributed by atoms with Crippen LogP contribution in [0.5, 0.6) is 5.75 Å². The molecule has 0 aliphatic carbocycles. The van der Waals surface area contributed by atoms with Crippen LogP contribution in [0.25, 0.3) is 5.76 Å². The maximum atomic E-state index is 13.3. The summed E-state index contributed by atoms with van der Waals surface area (Å²) in [6.45, 7) is 3.82. The Morgan fingerprint density at radius 1 is 1.12 bits per heavy atom. The second-order valence-corrected chi connectivity index (χ2v) is 8.77. The minimum atomic E-state index is -0.825. The number of carbonyl (C=O) groups excluding carboxylic acids is 2. The van der Waals surface area contributed by atoms with Crippen molar-refractivity contribution in [1.82, 2.24) is 4.98 Å². The fraction of sp³-hybridized carbons (Fsp3) is 0.192. The first-order valence-corrected chi connectivity index (χ1v) is 11.0. The number of rotatable bonds is 3. The Bertz CT molecular complexity index is 1320. The second-order valence-electron chi connectivity index (χ2n) is 8.34. The third kappa shape index (κ3) is 3.56. The van der Waals surface area contributed by atoms with Gasteiger partial charge in [0.2, 0.25) is 0 Å². The van der Waals surface area contributed by atoms with E-state index in [2.05, 4.69) is 4.98 Å². The van der Waals surface area contributed by atoms with Gasteiger partial charge in [0.25, 0.3) is 11.7 Å². The maximum absolute atomic E-state index is 13.3.